The third-order valence-electron chi connectivity index (χ3n) is 6.74. The topological polar surface area (TPSA) is 47.6 Å². The van der Waals surface area contributed by atoms with Crippen LogP contribution in [0.25, 0.3) is 0 Å². The Morgan fingerprint density at radius 3 is 2.35 bits per heavy atom. The molecule has 0 saturated heterocycles. The minimum Gasteiger partial charge on any atom is -0.494 e. The maximum Gasteiger partial charge on any atom is 0.294 e. The van der Waals surface area contributed by atoms with E-state index in [2.05, 4.69) is 17.4 Å². The van der Waals surface area contributed by atoms with Gasteiger partial charge in [-0.15, -0.1) is 0 Å². The molecule has 6 rings (SSSR count). The summed E-state index contributed by atoms with van der Waals surface area (Å²) >= 11 is 6.55. The normalized spacial score (nSPS) is 34.7. The Bertz CT molecular complexity index is 737. The van der Waals surface area contributed by atoms with Gasteiger partial charge in [-0.05, 0) is 79.4 Å². The molecule has 1 amide bonds. The molecule has 0 spiro atoms. The van der Waals surface area contributed by atoms with Crippen molar-refractivity contribution in [1.29, 1.82) is 0 Å². The summed E-state index contributed by atoms with van der Waals surface area (Å²) in [7, 11) is 0. The van der Waals surface area contributed by atoms with E-state index in [1.54, 1.807) is 0 Å². The number of hydrogen-bond acceptors (Lipinski definition) is 3. The lowest BCUT2D eigenvalue weighted by molar-refractivity contribution is -0.117. The number of rotatable bonds is 3. The molecule has 4 nitrogen and oxygen atoms in total. The molecular weight excluding hydrogens is 350 g/mol. The molecule has 1 aromatic carbocycles. The summed E-state index contributed by atoms with van der Waals surface area (Å²) in [6.45, 7) is 0.856. The van der Waals surface area contributed by atoms with Gasteiger partial charge in [-0.25, -0.2) is 0 Å². The van der Waals surface area contributed by atoms with Crippen LogP contribution in [-0.4, -0.2) is 19.1 Å². The fourth-order valence-electron chi connectivity index (χ4n) is 6.08. The molecule has 1 aliphatic heterocycles. The Balaban J connectivity index is 1.37. The standard InChI is InChI=1S/C21H24ClNO3/c22-17-8-16(21-9-13-5-14(10-21)7-15(6-13)11-21)1-2-18(17)23-20(24)19-12-25-3-4-26-19/h1-2,8,12-15H,3-7,9-11H2,(H,23,24). The van der Waals surface area contributed by atoms with Gasteiger partial charge in [0, 0.05) is 0 Å². The first-order valence-corrected chi connectivity index (χ1v) is 10.0. The average molecular weight is 374 g/mol. The van der Waals surface area contributed by atoms with E-state index in [-0.39, 0.29) is 11.7 Å². The van der Waals surface area contributed by atoms with Gasteiger partial charge < -0.3 is 14.8 Å². The molecule has 0 atom stereocenters. The van der Waals surface area contributed by atoms with Crippen LogP contribution >= 0.6 is 11.6 Å². The largest absolute Gasteiger partial charge is 0.494 e. The number of hydrogen-bond donors (Lipinski definition) is 1. The molecule has 4 saturated carbocycles. The van der Waals surface area contributed by atoms with Crippen LogP contribution in [0, 0.1) is 17.8 Å². The lowest BCUT2D eigenvalue weighted by atomic mass is 9.48. The van der Waals surface area contributed by atoms with Crippen molar-refractivity contribution in [3.05, 3.63) is 40.8 Å². The zero-order valence-corrected chi connectivity index (χ0v) is 15.6. The Morgan fingerprint density at radius 2 is 1.77 bits per heavy atom. The van der Waals surface area contributed by atoms with Crippen LogP contribution < -0.4 is 5.32 Å². The zero-order chi connectivity index (χ0) is 17.7. The van der Waals surface area contributed by atoms with Gasteiger partial charge in [0.05, 0.1) is 10.7 Å². The van der Waals surface area contributed by atoms with Crippen LogP contribution in [0.4, 0.5) is 5.69 Å². The molecule has 1 aromatic rings. The molecule has 0 radical (unpaired) electrons. The molecule has 0 unspecified atom stereocenters. The fraction of sp³-hybridized carbons (Fsp3) is 0.571. The van der Waals surface area contributed by atoms with Gasteiger partial charge >= 0.3 is 0 Å². The van der Waals surface area contributed by atoms with Gasteiger partial charge in [0.1, 0.15) is 19.5 Å². The molecule has 5 aliphatic rings. The quantitative estimate of drug-likeness (QED) is 0.839. The van der Waals surface area contributed by atoms with Crippen molar-refractivity contribution in [2.24, 2.45) is 17.8 Å². The van der Waals surface area contributed by atoms with Crippen molar-refractivity contribution in [2.75, 3.05) is 18.5 Å². The lowest BCUT2D eigenvalue weighted by Gasteiger charge is -2.57. The number of carbonyl (C=O) groups excluding carboxylic acids is 1. The highest BCUT2D eigenvalue weighted by atomic mass is 35.5. The Kier molecular flexibility index (Phi) is 3.93. The molecule has 0 aromatic heterocycles. The molecule has 138 valence electrons. The lowest BCUT2D eigenvalue weighted by Crippen LogP contribution is -2.48. The third kappa shape index (κ3) is 2.79. The highest BCUT2D eigenvalue weighted by Gasteiger charge is 2.51. The van der Waals surface area contributed by atoms with Crippen molar-refractivity contribution in [3.8, 4) is 0 Å². The second kappa shape index (κ2) is 6.19. The van der Waals surface area contributed by atoms with Gasteiger partial charge in [0.2, 0.25) is 5.76 Å². The van der Waals surface area contributed by atoms with Crippen molar-refractivity contribution in [3.63, 3.8) is 0 Å². The smallest absolute Gasteiger partial charge is 0.294 e. The van der Waals surface area contributed by atoms with Gasteiger partial charge in [-0.1, -0.05) is 17.7 Å². The van der Waals surface area contributed by atoms with Gasteiger partial charge in [-0.3, -0.25) is 4.79 Å². The summed E-state index contributed by atoms with van der Waals surface area (Å²) in [6.07, 6.45) is 9.56. The van der Waals surface area contributed by atoms with Gasteiger partial charge in [0.15, 0.2) is 0 Å². The molecule has 4 aliphatic carbocycles. The number of ether oxygens (including phenoxy) is 2. The Labute approximate surface area is 158 Å². The van der Waals surface area contributed by atoms with E-state index >= 15 is 0 Å². The van der Waals surface area contributed by atoms with E-state index in [0.717, 1.165) is 17.8 Å². The van der Waals surface area contributed by atoms with Crippen LogP contribution in [-0.2, 0) is 19.7 Å². The van der Waals surface area contributed by atoms with E-state index < -0.39 is 0 Å². The van der Waals surface area contributed by atoms with Crippen LogP contribution in [0.15, 0.2) is 30.2 Å². The molecule has 1 heterocycles. The van der Waals surface area contributed by atoms with Crippen molar-refractivity contribution in [2.45, 2.75) is 43.9 Å². The first-order valence-electron chi connectivity index (χ1n) is 9.67. The third-order valence-corrected chi connectivity index (χ3v) is 7.05. The summed E-state index contributed by atoms with van der Waals surface area (Å²) in [4.78, 5) is 12.3. The van der Waals surface area contributed by atoms with Crippen molar-refractivity contribution >= 4 is 23.2 Å². The van der Waals surface area contributed by atoms with E-state index in [9.17, 15) is 4.79 Å². The van der Waals surface area contributed by atoms with Crippen LogP contribution in [0.5, 0.6) is 0 Å². The number of amides is 1. The molecule has 4 bridgehead atoms. The van der Waals surface area contributed by atoms with Crippen molar-refractivity contribution < 1.29 is 14.3 Å². The van der Waals surface area contributed by atoms with Gasteiger partial charge in [0.25, 0.3) is 5.91 Å². The van der Waals surface area contributed by atoms with Crippen LogP contribution in [0.1, 0.15) is 44.1 Å². The minimum absolute atomic E-state index is 0.192. The molecular formula is C21H24ClNO3. The van der Waals surface area contributed by atoms with E-state index in [4.69, 9.17) is 21.1 Å². The zero-order valence-electron chi connectivity index (χ0n) is 14.8. The summed E-state index contributed by atoms with van der Waals surface area (Å²) in [6, 6.07) is 6.19. The number of anilines is 1. The number of halogens is 1. The monoisotopic (exact) mass is 373 g/mol. The summed E-state index contributed by atoms with van der Waals surface area (Å²) in [5.74, 6) is 2.56. The average Bonchev–Trinajstić information content (AvgIpc) is 2.63. The van der Waals surface area contributed by atoms with E-state index in [1.165, 1.54) is 50.4 Å². The maximum atomic E-state index is 12.3. The minimum atomic E-state index is -0.325. The van der Waals surface area contributed by atoms with E-state index in [0.29, 0.717) is 29.3 Å². The first kappa shape index (κ1) is 16.5. The summed E-state index contributed by atoms with van der Waals surface area (Å²) < 4.78 is 10.5. The second-order valence-corrected chi connectivity index (χ2v) is 8.96. The van der Waals surface area contributed by atoms with Crippen molar-refractivity contribution in [1.82, 2.24) is 0 Å². The molecule has 4 fully saturated rings. The number of benzene rings is 1. The van der Waals surface area contributed by atoms with Crippen LogP contribution in [0.3, 0.4) is 0 Å². The fourth-order valence-corrected chi connectivity index (χ4v) is 6.31. The first-order chi connectivity index (χ1) is 12.6. The molecule has 1 N–H and O–H groups in total. The summed E-state index contributed by atoms with van der Waals surface area (Å²) in [5, 5.41) is 3.44. The van der Waals surface area contributed by atoms with Gasteiger partial charge in [-0.2, -0.15) is 0 Å². The van der Waals surface area contributed by atoms with Crippen LogP contribution in [0.2, 0.25) is 5.02 Å². The highest BCUT2D eigenvalue weighted by molar-refractivity contribution is 6.34. The Morgan fingerprint density at radius 1 is 1.08 bits per heavy atom. The number of nitrogens with one attached hydrogen (secondary N) is 1. The predicted molar refractivity (Wildman–Crippen MR) is 99.9 cm³/mol. The maximum absolute atomic E-state index is 12.3. The highest BCUT2D eigenvalue weighted by Crippen LogP contribution is 2.60. The Hall–Kier alpha value is -1.68. The molecule has 5 heteroatoms. The second-order valence-electron chi connectivity index (χ2n) is 8.55. The predicted octanol–water partition coefficient (Wildman–Crippen LogP) is 4.63. The summed E-state index contributed by atoms with van der Waals surface area (Å²) in [5.41, 5.74) is 2.29. The molecule has 26 heavy (non-hydrogen) atoms. The van der Waals surface area contributed by atoms with E-state index in [1.807, 2.05) is 6.07 Å². The SMILES string of the molecule is O=C(Nc1ccc(C23CC4CC(CC(C4)C2)C3)cc1Cl)C1=COCCO1. The number of carbonyl (C=O) groups is 1.